The summed E-state index contributed by atoms with van der Waals surface area (Å²) in [7, 11) is 10.1. The molecular formula is C49H107NO15Si3. The van der Waals surface area contributed by atoms with E-state index in [1.165, 1.54) is 57.8 Å². The predicted molar refractivity (Wildman–Crippen MR) is 278 cm³/mol. The molecule has 19 heteroatoms. The van der Waals surface area contributed by atoms with E-state index in [1.807, 2.05) is 0 Å². The number of unbranched alkanes of at least 4 members (excludes halogenated alkanes) is 3. The van der Waals surface area contributed by atoms with E-state index in [1.54, 1.807) is 78.2 Å². The Morgan fingerprint density at radius 3 is 1.00 bits per heavy atom. The van der Waals surface area contributed by atoms with Crippen LogP contribution in [0.4, 0.5) is 0 Å². The number of ether oxygens (including phenoxy) is 6. The second-order valence-corrected chi connectivity index (χ2v) is 27.6. The maximum absolute atomic E-state index is 6.45. The summed E-state index contributed by atoms with van der Waals surface area (Å²) in [6.45, 7) is 14.3. The lowest BCUT2D eigenvalue weighted by molar-refractivity contribution is -0.0121. The van der Waals surface area contributed by atoms with E-state index < -0.39 is 26.4 Å². The van der Waals surface area contributed by atoms with E-state index >= 15 is 0 Å². The van der Waals surface area contributed by atoms with Crippen molar-refractivity contribution in [2.24, 2.45) is 10.8 Å². The SMILES string of the molecule is CCCCC(CCCC)(CCCC)CN(CCOCCOCCOC)C(CCOCCOCCOC)CC(CCC[Si](OC)(OC)OC)(CCC[Si](OC)(OC)OC)CCC[Si](OC)(OC)OC. The number of methoxy groups -OCH3 is 2. The first kappa shape index (κ1) is 68.0. The van der Waals surface area contributed by atoms with Crippen molar-refractivity contribution in [2.75, 3.05) is 157 Å². The van der Waals surface area contributed by atoms with Crippen LogP contribution in [0.3, 0.4) is 0 Å². The molecule has 0 amide bonds. The lowest BCUT2D eigenvalue weighted by atomic mass is 9.69. The molecule has 0 rings (SSSR count). The van der Waals surface area contributed by atoms with Gasteiger partial charge in [0.2, 0.25) is 0 Å². The van der Waals surface area contributed by atoms with Crippen molar-refractivity contribution in [1.82, 2.24) is 4.90 Å². The van der Waals surface area contributed by atoms with Crippen LogP contribution in [0.1, 0.15) is 130 Å². The van der Waals surface area contributed by atoms with Gasteiger partial charge in [0.15, 0.2) is 0 Å². The zero-order valence-electron chi connectivity index (χ0n) is 46.3. The Kier molecular flexibility index (Phi) is 42.4. The van der Waals surface area contributed by atoms with Gasteiger partial charge in [-0.15, -0.1) is 0 Å². The highest BCUT2D eigenvalue weighted by Crippen LogP contribution is 2.46. The molecule has 0 aromatic rings. The minimum atomic E-state index is -2.88. The first-order valence-corrected chi connectivity index (χ1v) is 31.7. The van der Waals surface area contributed by atoms with E-state index in [0.29, 0.717) is 84.2 Å². The third kappa shape index (κ3) is 27.9. The molecule has 0 saturated heterocycles. The Balaban J connectivity index is 7.81. The number of hydrogen-bond acceptors (Lipinski definition) is 16. The highest BCUT2D eigenvalue weighted by atomic mass is 28.4. The highest BCUT2D eigenvalue weighted by Gasteiger charge is 2.44. The van der Waals surface area contributed by atoms with Gasteiger partial charge in [-0.25, -0.2) is 0 Å². The second kappa shape index (κ2) is 42.4. The minimum absolute atomic E-state index is 0.152. The van der Waals surface area contributed by atoms with Crippen molar-refractivity contribution in [2.45, 2.75) is 154 Å². The van der Waals surface area contributed by atoms with Crippen molar-refractivity contribution in [1.29, 1.82) is 0 Å². The van der Waals surface area contributed by atoms with Gasteiger partial charge in [-0.1, -0.05) is 59.3 Å². The van der Waals surface area contributed by atoms with Crippen LogP contribution in [-0.2, 0) is 68.3 Å². The third-order valence-electron chi connectivity index (χ3n) is 14.0. The summed E-state index contributed by atoms with van der Waals surface area (Å²) in [5.74, 6) is 0. The molecule has 0 spiro atoms. The fourth-order valence-corrected chi connectivity index (χ4v) is 14.9. The zero-order valence-corrected chi connectivity index (χ0v) is 49.3. The summed E-state index contributed by atoms with van der Waals surface area (Å²) in [6.07, 6.45) is 18.0. The van der Waals surface area contributed by atoms with Crippen LogP contribution in [-0.4, -0.2) is 195 Å². The average Bonchev–Trinajstić information content (AvgIpc) is 3.37. The molecular weight excluding hydrogens is 927 g/mol. The van der Waals surface area contributed by atoms with Gasteiger partial charge in [0.1, 0.15) is 0 Å². The smallest absolute Gasteiger partial charge is 0.382 e. The van der Waals surface area contributed by atoms with Crippen molar-refractivity contribution in [3.05, 3.63) is 0 Å². The number of hydrogen-bond donors (Lipinski definition) is 0. The van der Waals surface area contributed by atoms with Gasteiger partial charge in [0.25, 0.3) is 0 Å². The molecule has 0 aromatic carbocycles. The number of rotatable bonds is 53. The van der Waals surface area contributed by atoms with Gasteiger partial charge in [0.05, 0.1) is 59.5 Å². The van der Waals surface area contributed by atoms with E-state index in [0.717, 1.165) is 64.5 Å². The molecule has 0 aliphatic heterocycles. The van der Waals surface area contributed by atoms with Crippen molar-refractivity contribution in [3.8, 4) is 0 Å². The first-order chi connectivity index (χ1) is 32.9. The van der Waals surface area contributed by atoms with Gasteiger partial charge >= 0.3 is 26.4 Å². The summed E-state index contributed by atoms with van der Waals surface area (Å²) < 4.78 is 88.8. The molecule has 0 aliphatic rings. The van der Waals surface area contributed by atoms with E-state index in [9.17, 15) is 0 Å². The summed E-state index contributed by atoms with van der Waals surface area (Å²) in [6, 6.07) is 2.28. The quantitative estimate of drug-likeness (QED) is 0.0422. The predicted octanol–water partition coefficient (Wildman–Crippen LogP) is 9.31. The third-order valence-corrected chi connectivity index (χ3v) is 22.5. The second-order valence-electron chi connectivity index (χ2n) is 18.3. The van der Waals surface area contributed by atoms with Crippen molar-refractivity contribution < 1.29 is 68.3 Å². The summed E-state index contributed by atoms with van der Waals surface area (Å²) in [4.78, 5) is 2.81. The first-order valence-electron chi connectivity index (χ1n) is 25.9. The normalized spacial score (nSPS) is 13.6. The maximum Gasteiger partial charge on any atom is 0.500 e. The molecule has 410 valence electrons. The fraction of sp³-hybridized carbons (Fsp3) is 1.00. The molecule has 0 saturated carbocycles. The summed E-state index contributed by atoms with van der Waals surface area (Å²) >= 11 is 0. The molecule has 0 heterocycles. The minimum Gasteiger partial charge on any atom is -0.382 e. The van der Waals surface area contributed by atoms with Gasteiger partial charge in [0, 0.05) is 122 Å². The molecule has 68 heavy (non-hydrogen) atoms. The lowest BCUT2D eigenvalue weighted by Gasteiger charge is -2.46. The van der Waals surface area contributed by atoms with Gasteiger partial charge in [-0.05, 0) is 81.5 Å². The van der Waals surface area contributed by atoms with Gasteiger partial charge in [-0.3, -0.25) is 4.90 Å². The highest BCUT2D eigenvalue weighted by molar-refractivity contribution is 6.61. The Bertz CT molecular complexity index is 1000. The fourth-order valence-electron chi connectivity index (χ4n) is 9.72. The van der Waals surface area contributed by atoms with Crippen molar-refractivity contribution >= 4 is 26.4 Å². The van der Waals surface area contributed by atoms with E-state index in [-0.39, 0.29) is 16.9 Å². The van der Waals surface area contributed by atoms with E-state index in [2.05, 4.69) is 25.7 Å². The summed E-state index contributed by atoms with van der Waals surface area (Å²) in [5.41, 5.74) is 0.0330. The maximum atomic E-state index is 6.45. The Morgan fingerprint density at radius 1 is 0.368 bits per heavy atom. The lowest BCUT2D eigenvalue weighted by Crippen LogP contribution is -2.48. The molecule has 1 atom stereocenters. The largest absolute Gasteiger partial charge is 0.500 e. The van der Waals surface area contributed by atoms with Gasteiger partial charge < -0.3 is 68.3 Å². The molecule has 0 bridgehead atoms. The Morgan fingerprint density at radius 2 is 0.676 bits per heavy atom. The molecule has 0 radical (unpaired) electrons. The monoisotopic (exact) mass is 1030 g/mol. The van der Waals surface area contributed by atoms with Crippen LogP contribution in [0.2, 0.25) is 18.1 Å². The van der Waals surface area contributed by atoms with E-state index in [4.69, 9.17) is 68.3 Å². The summed E-state index contributed by atoms with van der Waals surface area (Å²) in [5, 5.41) is 0. The topological polar surface area (TPSA) is 142 Å². The van der Waals surface area contributed by atoms with Crippen LogP contribution in [0, 0.1) is 10.8 Å². The zero-order chi connectivity index (χ0) is 50.9. The molecule has 0 fully saturated rings. The molecule has 1 unspecified atom stereocenters. The van der Waals surface area contributed by atoms with Crippen molar-refractivity contribution in [3.63, 3.8) is 0 Å². The van der Waals surface area contributed by atoms with Crippen LogP contribution in [0.25, 0.3) is 0 Å². The Hall–Kier alpha value is 0.0106. The van der Waals surface area contributed by atoms with Gasteiger partial charge in [-0.2, -0.15) is 0 Å². The molecule has 16 nitrogen and oxygen atoms in total. The van der Waals surface area contributed by atoms with Crippen LogP contribution in [0.15, 0.2) is 0 Å². The number of nitrogens with zero attached hydrogens (tertiary/aromatic N) is 1. The molecule has 0 aromatic heterocycles. The van der Waals surface area contributed by atoms with Crippen LogP contribution < -0.4 is 0 Å². The standard InChI is InChI=1S/C49H107NO15Si3/c1-15-18-25-49(26-19-16-2,27-20-17-3)46-50(31-33-63-39-41-65-37-35-52-5)47(24-32-62-38-40-64-36-34-51-4)45-48(28-21-42-66(53-6,54-7)55-8,29-22-43-67(56-9,57-10)58-11)30-23-44-68(59-12,60-13)61-14/h47H,15-46H2,1-14H3. The molecule has 0 N–H and O–H groups in total. The Labute approximate surface area is 420 Å². The molecule has 0 aliphatic carbocycles. The van der Waals surface area contributed by atoms with Crippen LogP contribution >= 0.6 is 0 Å². The van der Waals surface area contributed by atoms with Crippen LogP contribution in [0.5, 0.6) is 0 Å². The average molecular weight is 1030 g/mol.